The van der Waals surface area contributed by atoms with Crippen molar-refractivity contribution in [2.24, 2.45) is 0 Å². The van der Waals surface area contributed by atoms with Crippen molar-refractivity contribution in [1.82, 2.24) is 0 Å². The summed E-state index contributed by atoms with van der Waals surface area (Å²) in [7, 11) is 0. The molecule has 4 heteroatoms. The molecule has 2 nitrogen and oxygen atoms in total. The first-order valence-electron chi connectivity index (χ1n) is 9.51. The topological polar surface area (TPSA) is 26.3 Å². The maximum absolute atomic E-state index is 12.8. The fourth-order valence-corrected chi connectivity index (χ4v) is 6.38. The molecule has 0 aromatic heterocycles. The zero-order valence-electron chi connectivity index (χ0n) is 16.4. The summed E-state index contributed by atoms with van der Waals surface area (Å²) in [5.74, 6) is 2.63. The Balaban J connectivity index is 1.67. The van der Waals surface area contributed by atoms with E-state index in [9.17, 15) is 4.79 Å². The average Bonchev–Trinajstić information content (AvgIpc) is 3.21. The molecule has 0 N–H and O–H groups in total. The fourth-order valence-electron chi connectivity index (χ4n) is 3.40. The van der Waals surface area contributed by atoms with Crippen molar-refractivity contribution < 1.29 is 9.53 Å². The van der Waals surface area contributed by atoms with Gasteiger partial charge in [0.2, 0.25) is 0 Å². The summed E-state index contributed by atoms with van der Waals surface area (Å²) in [6, 6.07) is 20.1. The van der Waals surface area contributed by atoms with Crippen LogP contribution in [0.5, 0.6) is 5.75 Å². The number of hydrogen-bond donors (Lipinski definition) is 0. The van der Waals surface area contributed by atoms with Gasteiger partial charge in [-0.3, -0.25) is 0 Å². The van der Waals surface area contributed by atoms with Crippen LogP contribution >= 0.6 is 23.5 Å². The lowest BCUT2D eigenvalue weighted by atomic mass is 9.87. The summed E-state index contributed by atoms with van der Waals surface area (Å²) in [6.07, 6.45) is 0. The highest BCUT2D eigenvalue weighted by molar-refractivity contribution is 8.19. The minimum absolute atomic E-state index is 0.0604. The van der Waals surface area contributed by atoms with E-state index in [2.05, 4.69) is 32.9 Å². The average molecular weight is 409 g/mol. The molecule has 0 saturated carbocycles. The molecule has 0 atom stereocenters. The molecule has 28 heavy (non-hydrogen) atoms. The Bertz CT molecular complexity index is 997. The molecular weight excluding hydrogens is 384 g/mol. The number of fused-ring (bicyclic) bond motifs is 1. The molecule has 4 rings (SSSR count). The monoisotopic (exact) mass is 408 g/mol. The molecule has 0 aliphatic carbocycles. The third-order valence-corrected chi connectivity index (χ3v) is 8.01. The highest BCUT2D eigenvalue weighted by atomic mass is 32.2. The third-order valence-electron chi connectivity index (χ3n) is 4.98. The van der Waals surface area contributed by atoms with E-state index < -0.39 is 0 Å². The lowest BCUT2D eigenvalue weighted by molar-refractivity contribution is 0.0733. The van der Waals surface area contributed by atoms with Crippen LogP contribution in [0.2, 0.25) is 0 Å². The van der Waals surface area contributed by atoms with Crippen LogP contribution in [0.15, 0.2) is 60.7 Å². The van der Waals surface area contributed by atoms with Gasteiger partial charge in [0.05, 0.1) is 10.1 Å². The van der Waals surface area contributed by atoms with Crippen molar-refractivity contribution in [2.45, 2.75) is 30.8 Å². The highest BCUT2D eigenvalue weighted by Gasteiger charge is 2.25. The third kappa shape index (κ3) is 3.94. The Morgan fingerprint density at radius 3 is 2.29 bits per heavy atom. The largest absolute Gasteiger partial charge is 0.423 e. The number of carbonyl (C=O) groups is 1. The number of thioether (sulfide) groups is 2. The molecule has 0 bridgehead atoms. The number of rotatable bonds is 3. The molecule has 0 radical (unpaired) electrons. The number of ether oxygens (including phenoxy) is 1. The first-order valence-corrected chi connectivity index (χ1v) is 11.6. The molecule has 1 heterocycles. The van der Waals surface area contributed by atoms with Gasteiger partial charge in [-0.1, -0.05) is 63.2 Å². The zero-order chi connectivity index (χ0) is 19.7. The molecule has 0 spiro atoms. The minimum Gasteiger partial charge on any atom is -0.423 e. The normalized spacial score (nSPS) is 15.1. The molecule has 1 fully saturated rings. The van der Waals surface area contributed by atoms with Gasteiger partial charge in [0.25, 0.3) is 0 Å². The van der Waals surface area contributed by atoms with E-state index >= 15 is 0 Å². The highest BCUT2D eigenvalue weighted by Crippen LogP contribution is 2.50. The van der Waals surface area contributed by atoms with Crippen LogP contribution < -0.4 is 4.74 Å². The predicted molar refractivity (Wildman–Crippen MR) is 122 cm³/mol. The summed E-state index contributed by atoms with van der Waals surface area (Å²) in [5.41, 5.74) is 2.98. The summed E-state index contributed by atoms with van der Waals surface area (Å²) < 4.78 is 6.21. The van der Waals surface area contributed by atoms with Gasteiger partial charge in [-0.05, 0) is 39.9 Å². The molecule has 1 aliphatic heterocycles. The van der Waals surface area contributed by atoms with Crippen LogP contribution in [-0.2, 0) is 5.41 Å². The summed E-state index contributed by atoms with van der Waals surface area (Å²) in [5, 5.41) is 2.35. The van der Waals surface area contributed by atoms with Gasteiger partial charge in [0.15, 0.2) is 0 Å². The van der Waals surface area contributed by atoms with Crippen LogP contribution in [0.1, 0.15) is 46.8 Å². The van der Waals surface area contributed by atoms with E-state index in [0.29, 0.717) is 15.9 Å². The van der Waals surface area contributed by atoms with E-state index in [1.807, 2.05) is 72.1 Å². The van der Waals surface area contributed by atoms with Crippen LogP contribution in [0.4, 0.5) is 0 Å². The lowest BCUT2D eigenvalue weighted by Crippen LogP contribution is -2.13. The Kier molecular flexibility index (Phi) is 5.44. The molecule has 1 saturated heterocycles. The number of carbonyl (C=O) groups excluding carboxylic acids is 1. The summed E-state index contributed by atoms with van der Waals surface area (Å²) in [4.78, 5) is 12.8. The predicted octanol–water partition coefficient (Wildman–Crippen LogP) is 6.84. The van der Waals surface area contributed by atoms with Crippen LogP contribution in [0, 0.1) is 0 Å². The second-order valence-corrected chi connectivity index (χ2v) is 10.7. The molecule has 0 amide bonds. The summed E-state index contributed by atoms with van der Waals surface area (Å²) >= 11 is 3.85. The van der Waals surface area contributed by atoms with E-state index in [4.69, 9.17) is 4.74 Å². The van der Waals surface area contributed by atoms with Gasteiger partial charge in [0.1, 0.15) is 5.75 Å². The first-order chi connectivity index (χ1) is 13.4. The van der Waals surface area contributed by atoms with Crippen molar-refractivity contribution >= 4 is 40.3 Å². The summed E-state index contributed by atoms with van der Waals surface area (Å²) in [6.45, 7) is 6.50. The van der Waals surface area contributed by atoms with Gasteiger partial charge in [-0.2, -0.15) is 0 Å². The number of esters is 1. The smallest absolute Gasteiger partial charge is 0.343 e. The maximum atomic E-state index is 12.8. The van der Waals surface area contributed by atoms with E-state index in [1.165, 1.54) is 16.3 Å². The maximum Gasteiger partial charge on any atom is 0.343 e. The Labute approximate surface area is 175 Å². The van der Waals surface area contributed by atoms with Crippen LogP contribution in [-0.4, -0.2) is 17.5 Å². The molecule has 1 aliphatic rings. The number of hydrogen-bond acceptors (Lipinski definition) is 4. The van der Waals surface area contributed by atoms with E-state index in [1.54, 1.807) is 0 Å². The van der Waals surface area contributed by atoms with Crippen molar-refractivity contribution in [3.63, 3.8) is 0 Å². The van der Waals surface area contributed by atoms with Gasteiger partial charge < -0.3 is 4.74 Å². The minimum atomic E-state index is -0.301. The van der Waals surface area contributed by atoms with Crippen molar-refractivity contribution in [2.75, 3.05) is 11.5 Å². The Morgan fingerprint density at radius 1 is 0.929 bits per heavy atom. The van der Waals surface area contributed by atoms with Crippen molar-refractivity contribution in [3.8, 4) is 5.75 Å². The van der Waals surface area contributed by atoms with Crippen molar-refractivity contribution in [3.05, 3.63) is 77.4 Å². The molecular formula is C24H24O2S2. The van der Waals surface area contributed by atoms with Crippen molar-refractivity contribution in [1.29, 1.82) is 0 Å². The second-order valence-electron chi connectivity index (χ2n) is 7.99. The molecule has 0 unspecified atom stereocenters. The van der Waals surface area contributed by atoms with E-state index in [-0.39, 0.29) is 11.4 Å². The molecule has 3 aromatic rings. The second kappa shape index (κ2) is 7.84. The lowest BCUT2D eigenvalue weighted by Gasteiger charge is -2.19. The van der Waals surface area contributed by atoms with E-state index in [0.717, 1.165) is 17.1 Å². The first kappa shape index (κ1) is 19.4. The van der Waals surface area contributed by atoms with Gasteiger partial charge in [-0.25, -0.2) is 4.79 Å². The molecule has 144 valence electrons. The fraction of sp³-hybridized carbons (Fsp3) is 0.292. The Morgan fingerprint density at radius 2 is 1.61 bits per heavy atom. The van der Waals surface area contributed by atoms with Crippen LogP contribution in [0.25, 0.3) is 10.8 Å². The number of benzene rings is 3. The molecule has 3 aromatic carbocycles. The SMILES string of the molecule is CC(C)(C)c1ccc(C(=O)Oc2ccc3ccccc3c2C2SCCS2)cc1. The zero-order valence-corrected chi connectivity index (χ0v) is 18.0. The standard InChI is InChI=1S/C24H24O2S2/c1-24(2,3)18-11-8-17(9-12-18)22(25)26-20-13-10-16-6-4-5-7-19(16)21(20)23-27-14-15-28-23/h4-13,23H,14-15H2,1-3H3. The Hall–Kier alpha value is -1.91. The quantitative estimate of drug-likeness (QED) is 0.350. The van der Waals surface area contributed by atoms with Gasteiger partial charge in [0, 0.05) is 17.1 Å². The van der Waals surface area contributed by atoms with Crippen LogP contribution in [0.3, 0.4) is 0 Å². The van der Waals surface area contributed by atoms with Gasteiger partial charge >= 0.3 is 5.97 Å². The van der Waals surface area contributed by atoms with Gasteiger partial charge in [-0.15, -0.1) is 23.5 Å².